The van der Waals surface area contributed by atoms with Crippen molar-refractivity contribution >= 4 is 5.78 Å². The summed E-state index contributed by atoms with van der Waals surface area (Å²) in [5.41, 5.74) is 1.19. The zero-order chi connectivity index (χ0) is 11.7. The lowest BCUT2D eigenvalue weighted by molar-refractivity contribution is 0.585. The lowest BCUT2D eigenvalue weighted by Gasteiger charge is -2.05. The van der Waals surface area contributed by atoms with Crippen LogP contribution < -0.4 is 5.32 Å². The van der Waals surface area contributed by atoms with Gasteiger partial charge in [-0.2, -0.15) is 4.98 Å². The zero-order valence-corrected chi connectivity index (χ0v) is 10.1. The fourth-order valence-electron chi connectivity index (χ4n) is 2.28. The minimum Gasteiger partial charge on any atom is -0.314 e. The van der Waals surface area contributed by atoms with Crippen molar-refractivity contribution in [1.29, 1.82) is 0 Å². The molecular formula is C12H17N5. The standard InChI is InChI=1S/C12H17N5/c1-2-9-7-14-12-15-11(16-17(12)8-9)6-10-4-3-5-13-10/h7-8,10,13H,2-6H2,1H3. The molecule has 1 aliphatic rings. The van der Waals surface area contributed by atoms with E-state index in [1.54, 1.807) is 4.52 Å². The average molecular weight is 231 g/mol. The van der Waals surface area contributed by atoms with E-state index in [4.69, 9.17) is 0 Å². The van der Waals surface area contributed by atoms with Gasteiger partial charge in [0.15, 0.2) is 5.82 Å². The van der Waals surface area contributed by atoms with E-state index >= 15 is 0 Å². The Morgan fingerprint density at radius 1 is 1.53 bits per heavy atom. The Hall–Kier alpha value is -1.49. The molecule has 5 nitrogen and oxygen atoms in total. The van der Waals surface area contributed by atoms with Crippen molar-refractivity contribution < 1.29 is 0 Å². The fourth-order valence-corrected chi connectivity index (χ4v) is 2.28. The third-order valence-electron chi connectivity index (χ3n) is 3.29. The Balaban J connectivity index is 1.85. The van der Waals surface area contributed by atoms with Gasteiger partial charge in [-0.25, -0.2) is 9.50 Å². The fraction of sp³-hybridized carbons (Fsp3) is 0.583. The van der Waals surface area contributed by atoms with E-state index in [1.807, 2.05) is 12.4 Å². The molecule has 0 amide bonds. The molecule has 2 aromatic heterocycles. The molecule has 1 saturated heterocycles. The summed E-state index contributed by atoms with van der Waals surface area (Å²) < 4.78 is 1.79. The van der Waals surface area contributed by atoms with E-state index in [1.165, 1.54) is 18.4 Å². The summed E-state index contributed by atoms with van der Waals surface area (Å²) in [6.45, 7) is 3.24. The van der Waals surface area contributed by atoms with Crippen LogP contribution >= 0.6 is 0 Å². The Bertz CT molecular complexity index is 513. The number of hydrogen-bond acceptors (Lipinski definition) is 4. The molecular weight excluding hydrogens is 214 g/mol. The van der Waals surface area contributed by atoms with Gasteiger partial charge in [0.2, 0.25) is 0 Å². The number of aryl methyl sites for hydroxylation is 1. The first-order chi connectivity index (χ1) is 8.35. The molecule has 1 unspecified atom stereocenters. The number of aromatic nitrogens is 4. The van der Waals surface area contributed by atoms with Gasteiger partial charge in [-0.3, -0.25) is 0 Å². The first-order valence-corrected chi connectivity index (χ1v) is 6.28. The van der Waals surface area contributed by atoms with Crippen molar-refractivity contribution in [1.82, 2.24) is 24.9 Å². The quantitative estimate of drug-likeness (QED) is 0.855. The second kappa shape index (κ2) is 4.41. The van der Waals surface area contributed by atoms with Gasteiger partial charge in [0.05, 0.1) is 0 Å². The summed E-state index contributed by atoms with van der Waals surface area (Å²) >= 11 is 0. The topological polar surface area (TPSA) is 55.1 Å². The van der Waals surface area contributed by atoms with Crippen LogP contribution in [-0.4, -0.2) is 32.2 Å². The van der Waals surface area contributed by atoms with Crippen molar-refractivity contribution in [2.24, 2.45) is 0 Å². The Morgan fingerprint density at radius 2 is 2.47 bits per heavy atom. The highest BCUT2D eigenvalue weighted by molar-refractivity contribution is 5.27. The van der Waals surface area contributed by atoms with Crippen LogP contribution in [0.3, 0.4) is 0 Å². The number of rotatable bonds is 3. The molecule has 1 atom stereocenters. The second-order valence-electron chi connectivity index (χ2n) is 4.59. The third-order valence-corrected chi connectivity index (χ3v) is 3.29. The summed E-state index contributed by atoms with van der Waals surface area (Å²) in [5.74, 6) is 1.60. The molecule has 0 aliphatic carbocycles. The van der Waals surface area contributed by atoms with Crippen LogP contribution in [-0.2, 0) is 12.8 Å². The van der Waals surface area contributed by atoms with Crippen molar-refractivity contribution in [2.45, 2.75) is 38.6 Å². The highest BCUT2D eigenvalue weighted by Gasteiger charge is 2.17. The van der Waals surface area contributed by atoms with Crippen molar-refractivity contribution in [3.63, 3.8) is 0 Å². The summed E-state index contributed by atoms with van der Waals surface area (Å²) in [7, 11) is 0. The Kier molecular flexibility index (Phi) is 2.76. The summed E-state index contributed by atoms with van der Waals surface area (Å²) in [4.78, 5) is 8.77. The maximum absolute atomic E-state index is 4.49. The molecule has 0 aromatic carbocycles. The minimum absolute atomic E-state index is 0.540. The summed E-state index contributed by atoms with van der Waals surface area (Å²) in [6.07, 6.45) is 8.26. The van der Waals surface area contributed by atoms with Crippen molar-refractivity contribution in [3.05, 3.63) is 23.8 Å². The van der Waals surface area contributed by atoms with Gasteiger partial charge in [-0.15, -0.1) is 5.10 Å². The summed E-state index contributed by atoms with van der Waals surface area (Å²) in [6, 6.07) is 0.540. The first-order valence-electron chi connectivity index (χ1n) is 6.28. The molecule has 17 heavy (non-hydrogen) atoms. The van der Waals surface area contributed by atoms with E-state index in [2.05, 4.69) is 27.3 Å². The molecule has 90 valence electrons. The number of fused-ring (bicyclic) bond motifs is 1. The third kappa shape index (κ3) is 2.15. The molecule has 2 aromatic rings. The maximum Gasteiger partial charge on any atom is 0.252 e. The number of nitrogens with zero attached hydrogens (tertiary/aromatic N) is 4. The molecule has 0 bridgehead atoms. The molecule has 1 N–H and O–H groups in total. The van der Waals surface area contributed by atoms with E-state index in [0.717, 1.165) is 25.2 Å². The van der Waals surface area contributed by atoms with E-state index in [-0.39, 0.29) is 0 Å². The normalized spacial score (nSPS) is 20.2. The van der Waals surface area contributed by atoms with Crippen LogP contribution in [0.2, 0.25) is 0 Å². The average Bonchev–Trinajstić information content (AvgIpc) is 2.96. The largest absolute Gasteiger partial charge is 0.314 e. The second-order valence-corrected chi connectivity index (χ2v) is 4.59. The zero-order valence-electron chi connectivity index (χ0n) is 10.1. The minimum atomic E-state index is 0.540. The van der Waals surface area contributed by atoms with E-state index < -0.39 is 0 Å². The molecule has 1 fully saturated rings. The van der Waals surface area contributed by atoms with Crippen molar-refractivity contribution in [3.8, 4) is 0 Å². The molecule has 3 rings (SSSR count). The number of hydrogen-bond donors (Lipinski definition) is 1. The van der Waals surface area contributed by atoms with Crippen LogP contribution in [0.4, 0.5) is 0 Å². The highest BCUT2D eigenvalue weighted by atomic mass is 15.3. The van der Waals surface area contributed by atoms with Gasteiger partial charge in [0.25, 0.3) is 5.78 Å². The first kappa shape index (κ1) is 10.7. The van der Waals surface area contributed by atoms with Crippen LogP contribution in [0.5, 0.6) is 0 Å². The van der Waals surface area contributed by atoms with Crippen LogP contribution in [0.1, 0.15) is 31.2 Å². The predicted molar refractivity (Wildman–Crippen MR) is 64.9 cm³/mol. The molecule has 5 heteroatoms. The van der Waals surface area contributed by atoms with Crippen LogP contribution in [0.25, 0.3) is 5.78 Å². The molecule has 0 saturated carbocycles. The Morgan fingerprint density at radius 3 is 3.24 bits per heavy atom. The highest BCUT2D eigenvalue weighted by Crippen LogP contribution is 2.10. The van der Waals surface area contributed by atoms with Crippen molar-refractivity contribution in [2.75, 3.05) is 6.54 Å². The van der Waals surface area contributed by atoms with Crippen LogP contribution in [0.15, 0.2) is 12.4 Å². The monoisotopic (exact) mass is 231 g/mol. The SMILES string of the molecule is CCc1cnc2nc(CC3CCCN3)nn2c1. The lowest BCUT2D eigenvalue weighted by Crippen LogP contribution is -2.24. The summed E-state index contributed by atoms with van der Waals surface area (Å²) in [5, 5.41) is 7.95. The molecule has 3 heterocycles. The smallest absolute Gasteiger partial charge is 0.252 e. The van der Waals surface area contributed by atoms with Gasteiger partial charge < -0.3 is 5.32 Å². The number of nitrogens with one attached hydrogen (secondary N) is 1. The van der Waals surface area contributed by atoms with Gasteiger partial charge in [-0.05, 0) is 31.4 Å². The van der Waals surface area contributed by atoms with E-state index in [9.17, 15) is 0 Å². The molecule has 0 spiro atoms. The lowest BCUT2D eigenvalue weighted by atomic mass is 10.1. The maximum atomic E-state index is 4.49. The van der Waals surface area contributed by atoms with Gasteiger partial charge in [-0.1, -0.05) is 6.92 Å². The molecule has 0 radical (unpaired) electrons. The Labute approximate surface area is 100 Å². The van der Waals surface area contributed by atoms with Gasteiger partial charge in [0, 0.05) is 24.9 Å². The van der Waals surface area contributed by atoms with Crippen LogP contribution in [0, 0.1) is 0 Å². The van der Waals surface area contributed by atoms with Gasteiger partial charge >= 0.3 is 0 Å². The van der Waals surface area contributed by atoms with Gasteiger partial charge in [0.1, 0.15) is 0 Å². The predicted octanol–water partition coefficient (Wildman–Crippen LogP) is 0.981. The van der Waals surface area contributed by atoms with E-state index in [0.29, 0.717) is 11.8 Å². The molecule has 1 aliphatic heterocycles.